The molecule has 3 aromatic rings. The molecule has 0 saturated carbocycles. The first-order chi connectivity index (χ1) is 12.8. The van der Waals surface area contributed by atoms with Gasteiger partial charge in [0.2, 0.25) is 0 Å². The number of epoxide rings is 1. The minimum Gasteiger partial charge on any atom is -0.489 e. The van der Waals surface area contributed by atoms with E-state index in [4.69, 9.17) is 14.2 Å². The van der Waals surface area contributed by atoms with Gasteiger partial charge in [0.15, 0.2) is 0 Å². The van der Waals surface area contributed by atoms with Gasteiger partial charge in [-0.25, -0.2) is 0 Å². The number of benzene rings is 3. The number of hydrogen-bond donors (Lipinski definition) is 0. The van der Waals surface area contributed by atoms with E-state index in [1.165, 1.54) is 16.3 Å². The Balaban J connectivity index is 1.42. The third-order valence-electron chi connectivity index (χ3n) is 4.89. The molecule has 4 rings (SSSR count). The summed E-state index contributed by atoms with van der Waals surface area (Å²) in [6.07, 6.45) is 2.53. The Morgan fingerprint density at radius 1 is 1.00 bits per heavy atom. The third-order valence-corrected chi connectivity index (χ3v) is 4.89. The number of rotatable bonds is 8. The Bertz CT molecular complexity index is 870. The van der Waals surface area contributed by atoms with Gasteiger partial charge in [-0.15, -0.1) is 0 Å². The van der Waals surface area contributed by atoms with E-state index in [0.29, 0.717) is 12.7 Å². The predicted octanol–water partition coefficient (Wildman–Crippen LogP) is 5.29. The zero-order valence-electron chi connectivity index (χ0n) is 15.1. The van der Waals surface area contributed by atoms with Crippen molar-refractivity contribution in [3.05, 3.63) is 77.9 Å². The molecule has 3 heteroatoms. The first kappa shape index (κ1) is 17.1. The van der Waals surface area contributed by atoms with Crippen molar-refractivity contribution < 1.29 is 14.2 Å². The van der Waals surface area contributed by atoms with Gasteiger partial charge in [0.1, 0.15) is 12.4 Å². The Hall–Kier alpha value is -2.36. The molecule has 134 valence electrons. The predicted molar refractivity (Wildman–Crippen MR) is 103 cm³/mol. The summed E-state index contributed by atoms with van der Waals surface area (Å²) in [5.41, 5.74) is 2.33. The molecule has 2 atom stereocenters. The lowest BCUT2D eigenvalue weighted by Gasteiger charge is -2.16. The molecule has 26 heavy (non-hydrogen) atoms. The van der Waals surface area contributed by atoms with Gasteiger partial charge in [-0.1, -0.05) is 48.5 Å². The molecule has 1 heterocycles. The molecule has 0 aromatic heterocycles. The SMILES string of the molecule is COC(CCC1CO1)c1cccc(OCc2ccc3ccccc3c2)c1. The quantitative estimate of drug-likeness (QED) is 0.519. The van der Waals surface area contributed by atoms with E-state index in [-0.39, 0.29) is 6.10 Å². The van der Waals surface area contributed by atoms with Crippen LogP contribution < -0.4 is 4.74 Å². The maximum absolute atomic E-state index is 6.03. The summed E-state index contributed by atoms with van der Waals surface area (Å²) in [5.74, 6) is 0.875. The monoisotopic (exact) mass is 348 g/mol. The lowest BCUT2D eigenvalue weighted by molar-refractivity contribution is 0.0912. The van der Waals surface area contributed by atoms with Crippen LogP contribution in [0.3, 0.4) is 0 Å². The van der Waals surface area contributed by atoms with E-state index in [0.717, 1.165) is 30.8 Å². The molecule has 3 nitrogen and oxygen atoms in total. The third kappa shape index (κ3) is 4.24. The summed E-state index contributed by atoms with van der Waals surface area (Å²) >= 11 is 0. The minimum atomic E-state index is 0.0865. The summed E-state index contributed by atoms with van der Waals surface area (Å²) in [5, 5.41) is 2.49. The highest BCUT2D eigenvalue weighted by molar-refractivity contribution is 5.82. The topological polar surface area (TPSA) is 31.0 Å². The van der Waals surface area contributed by atoms with Gasteiger partial charge < -0.3 is 14.2 Å². The second-order valence-electron chi connectivity index (χ2n) is 6.80. The first-order valence-electron chi connectivity index (χ1n) is 9.16. The van der Waals surface area contributed by atoms with Crippen molar-refractivity contribution in [2.24, 2.45) is 0 Å². The normalized spacial score (nSPS) is 17.2. The van der Waals surface area contributed by atoms with Crippen molar-refractivity contribution in [2.45, 2.75) is 31.7 Å². The van der Waals surface area contributed by atoms with Crippen molar-refractivity contribution in [3.63, 3.8) is 0 Å². The summed E-state index contributed by atoms with van der Waals surface area (Å²) in [6, 6.07) is 23.1. The second-order valence-corrected chi connectivity index (χ2v) is 6.80. The maximum atomic E-state index is 6.03. The fraction of sp³-hybridized carbons (Fsp3) is 0.304. The Labute approximate surface area is 154 Å². The fourth-order valence-corrected chi connectivity index (χ4v) is 3.29. The van der Waals surface area contributed by atoms with Crippen molar-refractivity contribution in [1.29, 1.82) is 0 Å². The molecule has 2 unspecified atom stereocenters. The standard InChI is InChI=1S/C23H24O3/c1-24-23(12-11-22-16-26-22)20-7-4-8-21(14-20)25-15-17-9-10-18-5-2-3-6-19(18)13-17/h2-10,13-14,22-23H,11-12,15-16H2,1H3. The molecule has 1 aliphatic rings. The van der Waals surface area contributed by atoms with E-state index in [9.17, 15) is 0 Å². The van der Waals surface area contributed by atoms with E-state index in [2.05, 4.69) is 54.6 Å². The molecule has 0 bridgehead atoms. The van der Waals surface area contributed by atoms with Gasteiger partial charge in [0.25, 0.3) is 0 Å². The lowest BCUT2D eigenvalue weighted by Crippen LogP contribution is -2.04. The van der Waals surface area contributed by atoms with Gasteiger partial charge in [0, 0.05) is 7.11 Å². The molecule has 0 amide bonds. The van der Waals surface area contributed by atoms with Crippen molar-refractivity contribution in [3.8, 4) is 5.75 Å². The summed E-state index contributed by atoms with van der Waals surface area (Å²) in [6.45, 7) is 1.45. The molecule has 3 aromatic carbocycles. The molecule has 1 saturated heterocycles. The summed E-state index contributed by atoms with van der Waals surface area (Å²) in [7, 11) is 1.76. The van der Waals surface area contributed by atoms with Gasteiger partial charge in [-0.2, -0.15) is 0 Å². The summed E-state index contributed by atoms with van der Waals surface area (Å²) in [4.78, 5) is 0. The Morgan fingerprint density at radius 2 is 1.85 bits per heavy atom. The van der Waals surface area contributed by atoms with E-state index >= 15 is 0 Å². The highest BCUT2D eigenvalue weighted by Gasteiger charge is 2.24. The Kier molecular flexibility index (Phi) is 5.19. The van der Waals surface area contributed by atoms with Crippen LogP contribution in [-0.2, 0) is 16.1 Å². The van der Waals surface area contributed by atoms with Crippen LogP contribution in [0.2, 0.25) is 0 Å². The maximum Gasteiger partial charge on any atom is 0.120 e. The van der Waals surface area contributed by atoms with Crippen LogP contribution in [0.1, 0.15) is 30.1 Å². The first-order valence-corrected chi connectivity index (χ1v) is 9.16. The van der Waals surface area contributed by atoms with E-state index < -0.39 is 0 Å². The van der Waals surface area contributed by atoms with Crippen molar-refractivity contribution >= 4 is 10.8 Å². The van der Waals surface area contributed by atoms with Crippen molar-refractivity contribution in [2.75, 3.05) is 13.7 Å². The zero-order chi connectivity index (χ0) is 17.8. The largest absolute Gasteiger partial charge is 0.489 e. The molecule has 0 spiro atoms. The number of hydrogen-bond acceptors (Lipinski definition) is 3. The fourth-order valence-electron chi connectivity index (χ4n) is 3.29. The van der Waals surface area contributed by atoms with Crippen LogP contribution in [0.4, 0.5) is 0 Å². The van der Waals surface area contributed by atoms with Crippen LogP contribution in [-0.4, -0.2) is 19.8 Å². The van der Waals surface area contributed by atoms with Crippen LogP contribution in [0.5, 0.6) is 5.75 Å². The minimum absolute atomic E-state index is 0.0865. The number of ether oxygens (including phenoxy) is 3. The molecule has 0 N–H and O–H groups in total. The molecule has 0 aliphatic carbocycles. The number of methoxy groups -OCH3 is 1. The molecule has 1 aliphatic heterocycles. The molecule has 0 radical (unpaired) electrons. The average molecular weight is 348 g/mol. The van der Waals surface area contributed by atoms with E-state index in [1.54, 1.807) is 7.11 Å². The van der Waals surface area contributed by atoms with Gasteiger partial charge in [-0.3, -0.25) is 0 Å². The molecular formula is C23H24O3. The van der Waals surface area contributed by atoms with Crippen LogP contribution in [0, 0.1) is 0 Å². The highest BCUT2D eigenvalue weighted by Crippen LogP contribution is 2.29. The smallest absolute Gasteiger partial charge is 0.120 e. The second kappa shape index (κ2) is 7.90. The van der Waals surface area contributed by atoms with Crippen LogP contribution >= 0.6 is 0 Å². The average Bonchev–Trinajstić information content (AvgIpc) is 3.51. The molecular weight excluding hydrogens is 324 g/mol. The lowest BCUT2D eigenvalue weighted by atomic mass is 10.0. The van der Waals surface area contributed by atoms with E-state index in [1.807, 2.05) is 12.1 Å². The van der Waals surface area contributed by atoms with Crippen molar-refractivity contribution in [1.82, 2.24) is 0 Å². The van der Waals surface area contributed by atoms with Gasteiger partial charge in [0.05, 0.1) is 18.8 Å². The summed E-state index contributed by atoms with van der Waals surface area (Å²) < 4.78 is 17.0. The van der Waals surface area contributed by atoms with Gasteiger partial charge in [-0.05, 0) is 52.9 Å². The Morgan fingerprint density at radius 3 is 2.65 bits per heavy atom. The van der Waals surface area contributed by atoms with Gasteiger partial charge >= 0.3 is 0 Å². The highest BCUT2D eigenvalue weighted by atomic mass is 16.6. The van der Waals surface area contributed by atoms with Crippen LogP contribution in [0.25, 0.3) is 10.8 Å². The zero-order valence-corrected chi connectivity index (χ0v) is 15.1. The number of fused-ring (bicyclic) bond motifs is 1. The van der Waals surface area contributed by atoms with Crippen LogP contribution in [0.15, 0.2) is 66.7 Å². The molecule has 1 fully saturated rings.